The quantitative estimate of drug-likeness (QED) is 0.0832. The van der Waals surface area contributed by atoms with Crippen molar-refractivity contribution in [1.29, 1.82) is 0 Å². The van der Waals surface area contributed by atoms with Crippen LogP contribution in [0.4, 0.5) is 34.1 Å². The van der Waals surface area contributed by atoms with Crippen LogP contribution in [0, 0.1) is 0 Å². The number of anilines is 6. The highest BCUT2D eigenvalue weighted by molar-refractivity contribution is 9.10. The predicted molar refractivity (Wildman–Crippen MR) is 557 cm³/mol. The third kappa shape index (κ3) is 16.6. The first-order chi connectivity index (χ1) is 65.1. The Bertz CT molecular complexity index is 7830. The van der Waals surface area contributed by atoms with E-state index in [4.69, 9.17) is 30.9 Å². The number of hydrogen-bond donors (Lipinski definition) is 0. The van der Waals surface area contributed by atoms with Gasteiger partial charge in [0.15, 0.2) is 0 Å². The van der Waals surface area contributed by atoms with Gasteiger partial charge in [0, 0.05) is 141 Å². The largest absolute Gasteiger partial charge is 0.456 e. The third-order valence-corrected chi connectivity index (χ3v) is 26.5. The summed E-state index contributed by atoms with van der Waals surface area (Å²) in [5, 5.41) is 11.6. The van der Waals surface area contributed by atoms with Crippen molar-refractivity contribution in [3.8, 4) is 79.3 Å². The Kier molecular flexibility index (Phi) is 22.2. The van der Waals surface area contributed by atoms with Crippen molar-refractivity contribution >= 4 is 164 Å². The van der Waals surface area contributed by atoms with E-state index in [9.17, 15) is 0 Å². The lowest BCUT2D eigenvalue weighted by Gasteiger charge is -2.26. The molecule has 0 saturated carbocycles. The van der Waals surface area contributed by atoms with E-state index in [1.807, 2.05) is 91.0 Å². The molecule has 0 aliphatic carbocycles. The molecule has 0 aliphatic heterocycles. The summed E-state index contributed by atoms with van der Waals surface area (Å²) in [6.07, 6.45) is 0.957. The fourth-order valence-corrected chi connectivity index (χ4v) is 18.7. The van der Waals surface area contributed by atoms with Gasteiger partial charge in [-0.05, 0) is 258 Å². The van der Waals surface area contributed by atoms with Gasteiger partial charge in [-0.1, -0.05) is 274 Å². The molecule has 0 aliphatic rings. The fourth-order valence-electron chi connectivity index (χ4n) is 18.1. The first kappa shape index (κ1) is 83.2. The number of benzene rings is 17. The van der Waals surface area contributed by atoms with E-state index in [0.29, 0.717) is 17.8 Å². The van der Waals surface area contributed by atoms with Crippen molar-refractivity contribution in [2.45, 2.75) is 65.7 Å². The van der Waals surface area contributed by atoms with E-state index in [1.165, 1.54) is 27.8 Å². The SMILES string of the molecule is Brc1ccc(-c2cc3c4cc(-c5ccc(Br)cc5)oc4c4ccccc4c3o2)cc1.CC(C)c1ccc(Cc2ccc(-c3cc4ccccc4o3)cc2)cc1.CC(C)c1ccc(N(c2ccc(-c3cc4ccccc4o3)cc2)c2ccc(-c3cc4c5cc(-c6ccc(N(c7ccc(-c8cc9ccccc9o8)cc7)c7ccc(C(C)C)cc7)cc6)oc5c5ccccc5c4o3)cc2)cc1. The van der Waals surface area contributed by atoms with E-state index in [2.05, 4.69) is 399 Å². The van der Waals surface area contributed by atoms with Gasteiger partial charge in [0.25, 0.3) is 0 Å². The average molecular weight is 1860 g/mol. The molecule has 24 rings (SSSR count). The van der Waals surface area contributed by atoms with Crippen molar-refractivity contribution in [3.05, 3.63) is 443 Å². The minimum atomic E-state index is 0.430. The molecular formula is C122H90Br2N2O7. The van der Waals surface area contributed by atoms with E-state index in [-0.39, 0.29) is 0 Å². The number of rotatable bonds is 18. The Balaban J connectivity index is 0.000000151. The third-order valence-electron chi connectivity index (χ3n) is 25.4. The molecule has 0 amide bonds. The van der Waals surface area contributed by atoms with E-state index in [0.717, 1.165) is 227 Å². The zero-order valence-electron chi connectivity index (χ0n) is 74.1. The molecule has 11 heteroatoms. The summed E-state index contributed by atoms with van der Waals surface area (Å²) in [4.78, 5) is 4.60. The van der Waals surface area contributed by atoms with E-state index >= 15 is 0 Å². The van der Waals surface area contributed by atoms with Crippen molar-refractivity contribution < 1.29 is 30.9 Å². The lowest BCUT2D eigenvalue weighted by Crippen LogP contribution is -2.10. The molecule has 7 aromatic heterocycles. The van der Waals surface area contributed by atoms with Crippen LogP contribution in [0.15, 0.2) is 446 Å². The second-order valence-corrected chi connectivity index (χ2v) is 36.9. The van der Waals surface area contributed by atoms with Crippen LogP contribution >= 0.6 is 31.9 Å². The number of fused-ring (bicyclic) bond motifs is 15. The summed E-state index contributed by atoms with van der Waals surface area (Å²) in [5.41, 5.74) is 26.3. The maximum Gasteiger partial charge on any atom is 0.143 e. The van der Waals surface area contributed by atoms with Crippen LogP contribution in [0.2, 0.25) is 0 Å². The highest BCUT2D eigenvalue weighted by atomic mass is 79.9. The predicted octanol–water partition coefficient (Wildman–Crippen LogP) is 37.7. The number of halogens is 2. The van der Waals surface area contributed by atoms with Crippen molar-refractivity contribution in [2.75, 3.05) is 9.80 Å². The van der Waals surface area contributed by atoms with Gasteiger partial charge in [0.2, 0.25) is 0 Å². The van der Waals surface area contributed by atoms with Gasteiger partial charge in [0.05, 0.1) is 0 Å². The fraction of sp³-hybridized carbons (Fsp3) is 0.0820. The number of hydrogen-bond acceptors (Lipinski definition) is 9. The van der Waals surface area contributed by atoms with Gasteiger partial charge < -0.3 is 40.7 Å². The monoisotopic (exact) mass is 1850 g/mol. The first-order valence-electron chi connectivity index (χ1n) is 45.3. The van der Waals surface area contributed by atoms with E-state index < -0.39 is 0 Å². The van der Waals surface area contributed by atoms with Crippen LogP contribution in [0.5, 0.6) is 0 Å². The van der Waals surface area contributed by atoms with Crippen molar-refractivity contribution in [3.63, 3.8) is 0 Å². The summed E-state index contributed by atoms with van der Waals surface area (Å²) >= 11 is 7.00. The van der Waals surface area contributed by atoms with Gasteiger partial charge in [-0.3, -0.25) is 0 Å². The van der Waals surface area contributed by atoms with Gasteiger partial charge in [0.1, 0.15) is 79.4 Å². The smallest absolute Gasteiger partial charge is 0.143 e. The molecule has 0 atom stereocenters. The highest BCUT2D eigenvalue weighted by Crippen LogP contribution is 2.48. The van der Waals surface area contributed by atoms with Crippen LogP contribution < -0.4 is 9.80 Å². The highest BCUT2D eigenvalue weighted by Gasteiger charge is 2.25. The summed E-state index contributed by atoms with van der Waals surface area (Å²) in [6.45, 7) is 13.4. The topological polar surface area (TPSA) is 98.5 Å². The standard InChI is InChI=1S/C72H54N2O4.C26H14Br2O2.C24H22O/c1-45(2)47-17-29-55(30-18-47)73(57-33-21-49(22-34-57)67-41-53-11-5-9-15-65(53)75-67)59-37-25-51(26-38-59)69-43-63-64-44-70(78-72(64)62-14-8-7-13-61(62)71(63)77-69)52-27-39-60(40-28-52)74(56-31-19-48(20-32-56)46(3)4)58-35-23-50(24-36-58)68-42-54-12-6-10-16-66(54)76-68;27-17-9-5-15(6-10-17)23-13-21-22-14-24(16-7-11-18(28)12-8-16)30-26(22)20-4-2-1-3-19(20)25(21)29-23;1-17(2)20-11-7-18(8-12-20)15-19-9-13-21(14-10-19)24-16-22-5-3-4-6-23(22)25-24/h5-46H,1-4H3;1-14H;3-14,16-17H,15H2,1-2H3. The molecule has 0 spiro atoms. The molecule has 24 aromatic rings. The molecule has 0 unspecified atom stereocenters. The van der Waals surface area contributed by atoms with Crippen LogP contribution in [-0.4, -0.2) is 0 Å². The summed E-state index contributed by atoms with van der Waals surface area (Å²) in [5.74, 6) is 7.34. The molecule has 0 N–H and O–H groups in total. The maximum atomic E-state index is 6.89. The number of furan rings is 7. The molecule has 0 radical (unpaired) electrons. The Hall–Kier alpha value is -15.4. The molecule has 0 fully saturated rings. The molecule has 0 bridgehead atoms. The normalized spacial score (nSPS) is 11.7. The first-order valence-corrected chi connectivity index (χ1v) is 46.8. The van der Waals surface area contributed by atoms with E-state index in [1.54, 1.807) is 0 Å². The number of para-hydroxylation sites is 3. The Morgan fingerprint density at radius 2 is 0.406 bits per heavy atom. The molecule has 17 aromatic carbocycles. The van der Waals surface area contributed by atoms with Gasteiger partial charge in [-0.25, -0.2) is 0 Å². The molecule has 644 valence electrons. The second-order valence-electron chi connectivity index (χ2n) is 35.1. The van der Waals surface area contributed by atoms with Gasteiger partial charge in [-0.15, -0.1) is 0 Å². The molecule has 0 saturated heterocycles. The molecular weight excluding hydrogens is 1770 g/mol. The lowest BCUT2D eigenvalue weighted by molar-refractivity contribution is 0.631. The molecule has 9 nitrogen and oxygen atoms in total. The van der Waals surface area contributed by atoms with Crippen molar-refractivity contribution in [2.24, 2.45) is 0 Å². The zero-order valence-corrected chi connectivity index (χ0v) is 77.3. The minimum Gasteiger partial charge on any atom is -0.456 e. The van der Waals surface area contributed by atoms with Crippen LogP contribution in [0.1, 0.15) is 87.1 Å². The molecule has 133 heavy (non-hydrogen) atoms. The lowest BCUT2D eigenvalue weighted by atomic mass is 9.98. The Morgan fingerprint density at radius 1 is 0.203 bits per heavy atom. The summed E-state index contributed by atoms with van der Waals surface area (Å²) in [7, 11) is 0. The molecule has 7 heterocycles. The zero-order chi connectivity index (χ0) is 89.9. The van der Waals surface area contributed by atoms with Gasteiger partial charge in [-0.2, -0.15) is 0 Å². The van der Waals surface area contributed by atoms with Gasteiger partial charge >= 0.3 is 0 Å². The van der Waals surface area contributed by atoms with Crippen LogP contribution in [0.3, 0.4) is 0 Å². The summed E-state index contributed by atoms with van der Waals surface area (Å²) < 4.78 is 47.1. The van der Waals surface area contributed by atoms with Crippen molar-refractivity contribution in [1.82, 2.24) is 0 Å². The second kappa shape index (κ2) is 35.5. The average Bonchev–Trinajstić information content (AvgIpc) is 1.58. The Labute approximate surface area is 787 Å². The summed E-state index contributed by atoms with van der Waals surface area (Å²) in [6, 6.07) is 142. The van der Waals surface area contributed by atoms with Crippen LogP contribution in [-0.2, 0) is 6.42 Å². The Morgan fingerprint density at radius 3 is 0.654 bits per heavy atom. The van der Waals surface area contributed by atoms with Crippen LogP contribution in [0.25, 0.3) is 178 Å². The maximum absolute atomic E-state index is 6.89. The minimum absolute atomic E-state index is 0.430. The number of nitrogens with zero attached hydrogens (tertiary/aromatic N) is 2.